The van der Waals surface area contributed by atoms with Gasteiger partial charge in [0.05, 0.1) is 0 Å². The van der Waals surface area contributed by atoms with Gasteiger partial charge < -0.3 is 4.74 Å². The molecule has 1 unspecified atom stereocenters. The van der Waals surface area contributed by atoms with E-state index >= 15 is 0 Å². The summed E-state index contributed by atoms with van der Waals surface area (Å²) in [7, 11) is 0. The van der Waals surface area contributed by atoms with Gasteiger partial charge in [0.15, 0.2) is 0 Å². The van der Waals surface area contributed by atoms with Gasteiger partial charge in [-0.05, 0) is 41.7 Å². The largest absolute Gasteiger partial charge is 0.457 e. The highest BCUT2D eigenvalue weighted by Gasteiger charge is 2.15. The van der Waals surface area contributed by atoms with Crippen molar-refractivity contribution in [3.05, 3.63) is 60.2 Å². The molecule has 0 N–H and O–H groups in total. The number of hydrogen-bond donors (Lipinski definition) is 0. The number of terminal acetylenes is 1. The zero-order valence-corrected chi connectivity index (χ0v) is 12.0. The van der Waals surface area contributed by atoms with Gasteiger partial charge in [0, 0.05) is 6.42 Å². The number of hydrogen-bond acceptors (Lipinski definition) is 1. The summed E-state index contributed by atoms with van der Waals surface area (Å²) >= 11 is 0. The van der Waals surface area contributed by atoms with Gasteiger partial charge in [-0.2, -0.15) is 0 Å². The summed E-state index contributed by atoms with van der Waals surface area (Å²) < 4.78 is 5.88. The molecule has 0 bridgehead atoms. The quantitative estimate of drug-likeness (QED) is 0.671. The highest BCUT2D eigenvalue weighted by atomic mass is 16.5. The van der Waals surface area contributed by atoms with Gasteiger partial charge in [-0.3, -0.25) is 0 Å². The van der Waals surface area contributed by atoms with E-state index in [2.05, 4.69) is 31.9 Å². The second-order valence-electron chi connectivity index (χ2n) is 5.25. The Morgan fingerprint density at radius 3 is 2.35 bits per heavy atom. The van der Waals surface area contributed by atoms with Crippen LogP contribution in [0.3, 0.4) is 0 Å². The molecule has 0 aromatic heterocycles. The van der Waals surface area contributed by atoms with Crippen molar-refractivity contribution in [3.8, 4) is 23.8 Å². The van der Waals surface area contributed by atoms with Crippen molar-refractivity contribution in [2.24, 2.45) is 5.92 Å². The second kappa shape index (κ2) is 6.82. The monoisotopic (exact) mass is 264 g/mol. The summed E-state index contributed by atoms with van der Waals surface area (Å²) in [4.78, 5) is 0. The predicted octanol–water partition coefficient (Wildman–Crippen LogP) is 5.24. The van der Waals surface area contributed by atoms with Gasteiger partial charge in [-0.15, -0.1) is 12.3 Å². The van der Waals surface area contributed by atoms with Crippen LogP contribution in [-0.4, -0.2) is 0 Å². The molecule has 0 amide bonds. The lowest BCUT2D eigenvalue weighted by molar-refractivity contribution is 0.474. The SMILES string of the molecule is C#CCC(c1cccc(Oc2ccccc2)c1)C(C)C. The first-order valence-electron chi connectivity index (χ1n) is 6.97. The maximum atomic E-state index is 5.88. The molecule has 0 spiro atoms. The molecule has 1 heteroatoms. The van der Waals surface area contributed by atoms with Gasteiger partial charge in [-0.1, -0.05) is 44.2 Å². The Kier molecular flexibility index (Phi) is 4.85. The molecule has 1 nitrogen and oxygen atoms in total. The minimum atomic E-state index is 0.374. The van der Waals surface area contributed by atoms with Crippen molar-refractivity contribution < 1.29 is 4.74 Å². The van der Waals surface area contributed by atoms with E-state index in [1.807, 2.05) is 42.5 Å². The molecular formula is C19H20O. The molecule has 0 aliphatic carbocycles. The molecule has 0 saturated heterocycles. The van der Waals surface area contributed by atoms with Gasteiger partial charge in [-0.25, -0.2) is 0 Å². The third-order valence-corrected chi connectivity index (χ3v) is 3.41. The first-order chi connectivity index (χ1) is 9.70. The Morgan fingerprint density at radius 2 is 1.70 bits per heavy atom. The van der Waals surface area contributed by atoms with Crippen LogP contribution < -0.4 is 4.74 Å². The Balaban J connectivity index is 2.21. The molecule has 0 fully saturated rings. The molecule has 2 rings (SSSR count). The average molecular weight is 264 g/mol. The molecule has 2 aromatic rings. The maximum absolute atomic E-state index is 5.88. The van der Waals surface area contributed by atoms with Crippen LogP contribution >= 0.6 is 0 Å². The van der Waals surface area contributed by atoms with Crippen molar-refractivity contribution in [1.29, 1.82) is 0 Å². The van der Waals surface area contributed by atoms with Crippen LogP contribution in [0, 0.1) is 18.3 Å². The van der Waals surface area contributed by atoms with E-state index in [1.54, 1.807) is 0 Å². The van der Waals surface area contributed by atoms with Gasteiger partial charge in [0.25, 0.3) is 0 Å². The van der Waals surface area contributed by atoms with Gasteiger partial charge in [0.2, 0.25) is 0 Å². The summed E-state index contributed by atoms with van der Waals surface area (Å²) in [5.74, 6) is 5.37. The first-order valence-corrected chi connectivity index (χ1v) is 6.97. The molecule has 20 heavy (non-hydrogen) atoms. The molecule has 1 atom stereocenters. The second-order valence-corrected chi connectivity index (χ2v) is 5.25. The van der Waals surface area contributed by atoms with Crippen molar-refractivity contribution >= 4 is 0 Å². The fraction of sp³-hybridized carbons (Fsp3) is 0.263. The third-order valence-electron chi connectivity index (χ3n) is 3.41. The van der Waals surface area contributed by atoms with Crippen LogP contribution in [0.15, 0.2) is 54.6 Å². The van der Waals surface area contributed by atoms with Gasteiger partial charge in [0.1, 0.15) is 11.5 Å². The summed E-state index contributed by atoms with van der Waals surface area (Å²) in [6, 6.07) is 18.0. The van der Waals surface area contributed by atoms with Crippen molar-refractivity contribution in [2.45, 2.75) is 26.2 Å². The zero-order valence-electron chi connectivity index (χ0n) is 12.0. The van der Waals surface area contributed by atoms with Crippen LogP contribution in [0.5, 0.6) is 11.5 Å². The topological polar surface area (TPSA) is 9.23 Å². The van der Waals surface area contributed by atoms with Crippen molar-refractivity contribution in [3.63, 3.8) is 0 Å². The Hall–Kier alpha value is -2.20. The van der Waals surface area contributed by atoms with E-state index in [4.69, 9.17) is 11.2 Å². The predicted molar refractivity (Wildman–Crippen MR) is 84.0 cm³/mol. The fourth-order valence-corrected chi connectivity index (χ4v) is 2.30. The summed E-state index contributed by atoms with van der Waals surface area (Å²) in [5, 5.41) is 0. The van der Waals surface area contributed by atoms with E-state index in [0.29, 0.717) is 11.8 Å². The highest BCUT2D eigenvalue weighted by Crippen LogP contribution is 2.31. The summed E-state index contributed by atoms with van der Waals surface area (Å²) in [6.45, 7) is 4.40. The Labute approximate surface area is 121 Å². The molecule has 0 heterocycles. The molecule has 0 radical (unpaired) electrons. The fourth-order valence-electron chi connectivity index (χ4n) is 2.30. The summed E-state index contributed by atoms with van der Waals surface area (Å²) in [5.41, 5.74) is 1.24. The van der Waals surface area contributed by atoms with E-state index in [0.717, 1.165) is 17.9 Å². The minimum Gasteiger partial charge on any atom is -0.457 e. The zero-order chi connectivity index (χ0) is 14.4. The van der Waals surface area contributed by atoms with Crippen molar-refractivity contribution in [1.82, 2.24) is 0 Å². The third kappa shape index (κ3) is 3.65. The Morgan fingerprint density at radius 1 is 1.00 bits per heavy atom. The normalized spacial score (nSPS) is 11.9. The molecular weight excluding hydrogens is 244 g/mol. The number of benzene rings is 2. The first kappa shape index (κ1) is 14.2. The van der Waals surface area contributed by atoms with Crippen LogP contribution in [0.2, 0.25) is 0 Å². The number of ether oxygens (including phenoxy) is 1. The number of para-hydroxylation sites is 1. The van der Waals surface area contributed by atoms with E-state index in [9.17, 15) is 0 Å². The molecule has 102 valence electrons. The smallest absolute Gasteiger partial charge is 0.127 e. The van der Waals surface area contributed by atoms with Crippen LogP contribution in [-0.2, 0) is 0 Å². The lowest BCUT2D eigenvalue weighted by Gasteiger charge is -2.19. The summed E-state index contributed by atoms with van der Waals surface area (Å²) in [6.07, 6.45) is 6.24. The lowest BCUT2D eigenvalue weighted by Crippen LogP contribution is -2.06. The standard InChI is InChI=1S/C19H20O/c1-4-9-19(15(2)3)16-10-8-13-18(14-16)20-17-11-6-5-7-12-17/h1,5-8,10-15,19H,9H2,2-3H3. The van der Waals surface area contributed by atoms with E-state index in [-0.39, 0.29) is 0 Å². The van der Waals surface area contributed by atoms with Gasteiger partial charge >= 0.3 is 0 Å². The minimum absolute atomic E-state index is 0.374. The highest BCUT2D eigenvalue weighted by molar-refractivity contribution is 5.35. The van der Waals surface area contributed by atoms with Crippen molar-refractivity contribution in [2.75, 3.05) is 0 Å². The maximum Gasteiger partial charge on any atom is 0.127 e. The number of rotatable bonds is 5. The molecule has 0 aliphatic rings. The molecule has 0 saturated carbocycles. The van der Waals surface area contributed by atoms with E-state index in [1.165, 1.54) is 5.56 Å². The van der Waals surface area contributed by atoms with Crippen LogP contribution in [0.1, 0.15) is 31.7 Å². The average Bonchev–Trinajstić information content (AvgIpc) is 2.46. The lowest BCUT2D eigenvalue weighted by atomic mass is 9.86. The van der Waals surface area contributed by atoms with E-state index < -0.39 is 0 Å². The van der Waals surface area contributed by atoms with Crippen LogP contribution in [0.25, 0.3) is 0 Å². The van der Waals surface area contributed by atoms with Crippen LogP contribution in [0.4, 0.5) is 0 Å². The Bertz CT molecular complexity index is 578. The molecule has 2 aromatic carbocycles. The molecule has 0 aliphatic heterocycles.